The zero-order valence-corrected chi connectivity index (χ0v) is 20.6. The van der Waals surface area contributed by atoms with E-state index in [0.29, 0.717) is 23.5 Å². The fraction of sp³-hybridized carbons (Fsp3) is 0.207. The number of amides is 1. The Morgan fingerprint density at radius 3 is 2.53 bits per heavy atom. The highest BCUT2D eigenvalue weighted by Gasteiger charge is 2.46. The molecule has 7 nitrogen and oxygen atoms in total. The van der Waals surface area contributed by atoms with Crippen molar-refractivity contribution in [3.63, 3.8) is 0 Å². The van der Waals surface area contributed by atoms with Crippen LogP contribution in [0, 0.1) is 6.92 Å². The second-order valence-corrected chi connectivity index (χ2v) is 8.85. The SMILES string of the molecule is C=CCOc1ccc(C(O)=C2C(=O)C(=O)N(Cc3cccnc3)[C@H]2c2ccc(N(C)C)cc2)c(C)c1. The number of ether oxygens (including phenoxy) is 1. The number of anilines is 1. The number of nitrogens with zero attached hydrogens (tertiary/aromatic N) is 3. The van der Waals surface area contributed by atoms with E-state index in [4.69, 9.17) is 4.74 Å². The molecule has 0 aliphatic carbocycles. The fourth-order valence-electron chi connectivity index (χ4n) is 4.32. The molecule has 4 rings (SSSR count). The first-order valence-corrected chi connectivity index (χ1v) is 11.6. The van der Waals surface area contributed by atoms with Crippen LogP contribution in [-0.2, 0) is 16.1 Å². The lowest BCUT2D eigenvalue weighted by atomic mass is 9.93. The standard InChI is InChI=1S/C29H29N3O4/c1-5-15-36-23-12-13-24(19(2)16-23)27(33)25-26(21-8-10-22(11-9-21)31(3)4)32(29(35)28(25)34)18-20-7-6-14-30-17-20/h5-14,16-17,26,33H,1,15,18H2,2-4H3/t26-/m0/s1. The molecule has 7 heteroatoms. The van der Waals surface area contributed by atoms with Crippen LogP contribution in [0.3, 0.4) is 0 Å². The van der Waals surface area contributed by atoms with Crippen molar-refractivity contribution in [2.45, 2.75) is 19.5 Å². The van der Waals surface area contributed by atoms with E-state index in [1.54, 1.807) is 42.7 Å². The van der Waals surface area contributed by atoms with Crippen LogP contribution in [0.4, 0.5) is 5.69 Å². The first-order valence-electron chi connectivity index (χ1n) is 11.6. The maximum atomic E-state index is 13.3. The highest BCUT2D eigenvalue weighted by atomic mass is 16.5. The van der Waals surface area contributed by atoms with Crippen molar-refractivity contribution in [2.24, 2.45) is 0 Å². The topological polar surface area (TPSA) is 83.0 Å². The average molecular weight is 484 g/mol. The van der Waals surface area contributed by atoms with Crippen LogP contribution >= 0.6 is 0 Å². The van der Waals surface area contributed by atoms with E-state index in [1.807, 2.05) is 56.3 Å². The van der Waals surface area contributed by atoms with Crippen LogP contribution in [0.25, 0.3) is 5.76 Å². The zero-order chi connectivity index (χ0) is 25.8. The summed E-state index contributed by atoms with van der Waals surface area (Å²) in [5.74, 6) is -0.969. The van der Waals surface area contributed by atoms with Crippen molar-refractivity contribution in [3.05, 3.63) is 107 Å². The third-order valence-corrected chi connectivity index (χ3v) is 6.16. The van der Waals surface area contributed by atoms with Crippen molar-refractivity contribution in [2.75, 3.05) is 25.6 Å². The normalized spacial score (nSPS) is 16.8. The Kier molecular flexibility index (Phi) is 7.20. The van der Waals surface area contributed by atoms with Gasteiger partial charge >= 0.3 is 0 Å². The molecule has 0 spiro atoms. The van der Waals surface area contributed by atoms with E-state index in [0.717, 1.165) is 16.8 Å². The molecule has 0 bridgehead atoms. The summed E-state index contributed by atoms with van der Waals surface area (Å²) in [6.07, 6.45) is 4.96. The van der Waals surface area contributed by atoms with Crippen LogP contribution in [0.1, 0.15) is 28.3 Å². The lowest BCUT2D eigenvalue weighted by Gasteiger charge is -2.26. The summed E-state index contributed by atoms with van der Waals surface area (Å²) in [6.45, 7) is 6.01. The number of aryl methyl sites for hydroxylation is 1. The average Bonchev–Trinajstić information content (AvgIpc) is 3.12. The first-order chi connectivity index (χ1) is 17.3. The number of likely N-dealkylation sites (tertiary alicyclic amines) is 1. The molecule has 2 heterocycles. The molecule has 0 radical (unpaired) electrons. The Hall–Kier alpha value is -4.39. The van der Waals surface area contributed by atoms with Crippen molar-refractivity contribution in [1.82, 2.24) is 9.88 Å². The Morgan fingerprint density at radius 1 is 1.17 bits per heavy atom. The van der Waals surface area contributed by atoms with Gasteiger partial charge in [0, 0.05) is 44.3 Å². The van der Waals surface area contributed by atoms with Crippen LogP contribution in [0.2, 0.25) is 0 Å². The summed E-state index contributed by atoms with van der Waals surface area (Å²) in [6, 6.07) is 15.7. The van der Waals surface area contributed by atoms with E-state index in [-0.39, 0.29) is 17.9 Å². The number of ketones is 1. The number of hydrogen-bond acceptors (Lipinski definition) is 6. The predicted octanol–water partition coefficient (Wildman–Crippen LogP) is 4.64. The Morgan fingerprint density at radius 2 is 1.92 bits per heavy atom. The van der Waals surface area contributed by atoms with Gasteiger partial charge in [0.2, 0.25) is 0 Å². The maximum Gasteiger partial charge on any atom is 0.295 e. The molecule has 36 heavy (non-hydrogen) atoms. The van der Waals surface area contributed by atoms with Gasteiger partial charge in [-0.1, -0.05) is 30.9 Å². The lowest BCUT2D eigenvalue weighted by molar-refractivity contribution is -0.140. The number of hydrogen-bond donors (Lipinski definition) is 1. The second-order valence-electron chi connectivity index (χ2n) is 8.85. The van der Waals surface area contributed by atoms with Gasteiger partial charge in [0.25, 0.3) is 11.7 Å². The number of Topliss-reactive ketones (excluding diaryl/α,β-unsaturated/α-hetero) is 1. The molecule has 1 fully saturated rings. The Labute approximate surface area is 211 Å². The van der Waals surface area contributed by atoms with Gasteiger partial charge in [-0.15, -0.1) is 0 Å². The van der Waals surface area contributed by atoms with Gasteiger partial charge in [-0.25, -0.2) is 0 Å². The van der Waals surface area contributed by atoms with Crippen molar-refractivity contribution in [1.29, 1.82) is 0 Å². The van der Waals surface area contributed by atoms with E-state index >= 15 is 0 Å². The number of aromatic nitrogens is 1. The number of pyridine rings is 1. The summed E-state index contributed by atoms with van der Waals surface area (Å²) in [7, 11) is 3.88. The molecule has 1 N–H and O–H groups in total. The quantitative estimate of drug-likeness (QED) is 0.218. The summed E-state index contributed by atoms with van der Waals surface area (Å²) >= 11 is 0. The van der Waals surface area contributed by atoms with Gasteiger partial charge in [0.05, 0.1) is 11.6 Å². The van der Waals surface area contributed by atoms with Crippen LogP contribution < -0.4 is 9.64 Å². The third-order valence-electron chi connectivity index (χ3n) is 6.16. The minimum absolute atomic E-state index is 0.0596. The molecule has 1 aliphatic rings. The number of benzene rings is 2. The maximum absolute atomic E-state index is 13.3. The molecular formula is C29H29N3O4. The molecule has 1 aliphatic heterocycles. The first kappa shape index (κ1) is 24.7. The second kappa shape index (κ2) is 10.5. The number of carbonyl (C=O) groups excluding carboxylic acids is 2. The highest BCUT2D eigenvalue weighted by Crippen LogP contribution is 2.41. The van der Waals surface area contributed by atoms with Crippen LogP contribution in [0.5, 0.6) is 5.75 Å². The van der Waals surface area contributed by atoms with Crippen LogP contribution in [-0.4, -0.2) is 47.4 Å². The van der Waals surface area contributed by atoms with Gasteiger partial charge in [-0.2, -0.15) is 0 Å². The molecule has 2 aromatic carbocycles. The minimum atomic E-state index is -0.752. The van der Waals surface area contributed by atoms with Gasteiger partial charge in [0.1, 0.15) is 18.1 Å². The van der Waals surface area contributed by atoms with E-state index in [2.05, 4.69) is 11.6 Å². The van der Waals surface area contributed by atoms with Crippen LogP contribution in [0.15, 0.2) is 85.2 Å². The van der Waals surface area contributed by atoms with E-state index in [1.165, 1.54) is 4.90 Å². The van der Waals surface area contributed by atoms with Crippen molar-refractivity contribution >= 4 is 23.1 Å². The molecule has 0 saturated carbocycles. The summed E-state index contributed by atoms with van der Waals surface area (Å²) in [5, 5.41) is 11.4. The molecule has 1 atom stereocenters. The lowest BCUT2D eigenvalue weighted by Crippen LogP contribution is -2.29. The van der Waals surface area contributed by atoms with E-state index < -0.39 is 17.7 Å². The minimum Gasteiger partial charge on any atom is -0.507 e. The number of rotatable bonds is 8. The van der Waals surface area contributed by atoms with E-state index in [9.17, 15) is 14.7 Å². The smallest absolute Gasteiger partial charge is 0.295 e. The molecule has 1 aromatic heterocycles. The zero-order valence-electron chi connectivity index (χ0n) is 20.6. The monoisotopic (exact) mass is 483 g/mol. The summed E-state index contributed by atoms with van der Waals surface area (Å²) in [4.78, 5) is 34.2. The number of aliphatic hydroxyl groups excluding tert-OH is 1. The molecule has 1 amide bonds. The van der Waals surface area contributed by atoms with Crippen molar-refractivity contribution < 1.29 is 19.4 Å². The van der Waals surface area contributed by atoms with Gasteiger partial charge in [0.15, 0.2) is 0 Å². The van der Waals surface area contributed by atoms with Gasteiger partial charge < -0.3 is 19.6 Å². The van der Waals surface area contributed by atoms with Gasteiger partial charge in [-0.3, -0.25) is 14.6 Å². The fourth-order valence-corrected chi connectivity index (χ4v) is 4.32. The largest absolute Gasteiger partial charge is 0.507 e. The highest BCUT2D eigenvalue weighted by molar-refractivity contribution is 6.46. The van der Waals surface area contributed by atoms with Gasteiger partial charge in [-0.05, 0) is 60.0 Å². The Bertz CT molecular complexity index is 1310. The number of carbonyl (C=O) groups is 2. The molecule has 3 aromatic rings. The predicted molar refractivity (Wildman–Crippen MR) is 140 cm³/mol. The summed E-state index contributed by atoms with van der Waals surface area (Å²) in [5.41, 5.74) is 3.74. The Balaban J connectivity index is 1.83. The summed E-state index contributed by atoms with van der Waals surface area (Å²) < 4.78 is 5.58. The molecule has 184 valence electrons. The molecule has 1 saturated heterocycles. The van der Waals surface area contributed by atoms with Crippen molar-refractivity contribution in [3.8, 4) is 5.75 Å². The third kappa shape index (κ3) is 4.86. The molecular weight excluding hydrogens is 454 g/mol. The number of aliphatic hydroxyl groups is 1. The molecule has 0 unspecified atom stereocenters.